The third kappa shape index (κ3) is 3.84. The highest BCUT2D eigenvalue weighted by Crippen LogP contribution is 1.55. The van der Waals surface area contributed by atoms with Crippen molar-refractivity contribution in [3.63, 3.8) is 0 Å². The Morgan fingerprint density at radius 2 is 2.40 bits per heavy atom. The Hall–Kier alpha value is -0.160. The second kappa shape index (κ2) is 3.84. The average Bonchev–Trinajstić information content (AvgIpc) is 1.41. The van der Waals surface area contributed by atoms with Gasteiger partial charge in [0.2, 0.25) is 0 Å². The van der Waals surface area contributed by atoms with Crippen molar-refractivity contribution in [1.29, 1.82) is 0 Å². The van der Waals surface area contributed by atoms with Gasteiger partial charge in [-0.15, -0.1) is 0 Å². The maximum absolute atomic E-state index is 7.36. The van der Waals surface area contributed by atoms with E-state index in [0.717, 1.165) is 0 Å². The van der Waals surface area contributed by atoms with Crippen LogP contribution < -0.4 is 5.90 Å². The molecule has 0 fully saturated rings. The summed E-state index contributed by atoms with van der Waals surface area (Å²) in [5.74, 6) is 4.35. The second-order valence-corrected chi connectivity index (χ2v) is 0.414. The van der Waals surface area contributed by atoms with Crippen LogP contribution in [0.3, 0.4) is 0 Å². The van der Waals surface area contributed by atoms with Gasteiger partial charge in [0.15, 0.2) is 6.79 Å². The Kier molecular flexibility index (Phi) is 3.72. The first-order valence-electron chi connectivity index (χ1n) is 0.996. The maximum Gasteiger partial charge on any atom is 0.200 e. The van der Waals surface area contributed by atoms with Crippen LogP contribution in [0.25, 0.3) is 0 Å². The molecule has 0 unspecified atom stereocenters. The fraction of sp³-hybridized carbons (Fsp3) is 1.00. The van der Waals surface area contributed by atoms with Gasteiger partial charge < -0.3 is 0 Å². The molecule has 0 amide bonds. The Labute approximate surface area is 29.0 Å². The zero-order valence-electron chi connectivity index (χ0n) is 2.55. The van der Waals surface area contributed by atoms with Crippen LogP contribution in [-0.4, -0.2) is 12.1 Å². The molecule has 0 heterocycles. The van der Waals surface area contributed by atoms with Gasteiger partial charge >= 0.3 is 0 Å². The lowest BCUT2D eigenvalue weighted by Crippen LogP contribution is -2.01. The molecule has 0 bridgehead atoms. The minimum Gasteiger partial charge on any atom is -0.273 e. The molecule has 4 heteroatoms. The molecule has 0 aliphatic heterocycles. The smallest absolute Gasteiger partial charge is 0.200 e. The molecule has 0 aromatic rings. The summed E-state index contributed by atoms with van der Waals surface area (Å²) in [6.07, 6.45) is 0. The van der Waals surface area contributed by atoms with Crippen LogP contribution in [0.4, 0.5) is 0 Å². The molecular formula is CH5NO3. The summed E-state index contributed by atoms with van der Waals surface area (Å²) in [5.41, 5.74) is 0. The van der Waals surface area contributed by atoms with E-state index in [-0.39, 0.29) is 6.79 Å². The Balaban J connectivity index is 2.19. The second-order valence-electron chi connectivity index (χ2n) is 0.414. The SMILES string of the molecule is NOCOO. The molecule has 5 heavy (non-hydrogen) atoms. The van der Waals surface area contributed by atoms with E-state index in [1.165, 1.54) is 0 Å². The first-order valence-corrected chi connectivity index (χ1v) is 0.996. The fourth-order valence-corrected chi connectivity index (χ4v) is 0.0304. The predicted octanol–water partition coefficient (Wildman–Crippen LogP) is -0.676. The molecule has 0 atom stereocenters. The summed E-state index contributed by atoms with van der Waals surface area (Å²) in [5, 5.41) is 7.36. The van der Waals surface area contributed by atoms with Gasteiger partial charge in [-0.05, 0) is 0 Å². The molecule has 0 aliphatic carbocycles. The van der Waals surface area contributed by atoms with Crippen molar-refractivity contribution < 1.29 is 15.0 Å². The Morgan fingerprint density at radius 1 is 1.80 bits per heavy atom. The molecular weight excluding hydrogens is 74.0 g/mol. The van der Waals surface area contributed by atoms with Crippen molar-refractivity contribution in [2.45, 2.75) is 0 Å². The van der Waals surface area contributed by atoms with Gasteiger partial charge in [-0.3, -0.25) is 4.84 Å². The summed E-state index contributed by atoms with van der Waals surface area (Å²) >= 11 is 0. The molecule has 0 rings (SSSR count). The topological polar surface area (TPSA) is 64.7 Å². The van der Waals surface area contributed by atoms with Gasteiger partial charge in [-0.25, -0.2) is 16.0 Å². The highest BCUT2D eigenvalue weighted by Gasteiger charge is 1.66. The monoisotopic (exact) mass is 79.0 g/mol. The fourth-order valence-electron chi connectivity index (χ4n) is 0.0304. The van der Waals surface area contributed by atoms with Gasteiger partial charge in [-0.1, -0.05) is 0 Å². The molecule has 0 saturated carbocycles. The van der Waals surface area contributed by atoms with Gasteiger partial charge in [0, 0.05) is 0 Å². The highest BCUT2D eigenvalue weighted by molar-refractivity contribution is 3.71. The largest absolute Gasteiger partial charge is 0.273 e. The van der Waals surface area contributed by atoms with Crippen LogP contribution in [0.1, 0.15) is 0 Å². The van der Waals surface area contributed by atoms with Crippen LogP contribution in [0, 0.1) is 0 Å². The van der Waals surface area contributed by atoms with Crippen molar-refractivity contribution in [3.05, 3.63) is 0 Å². The van der Waals surface area contributed by atoms with Gasteiger partial charge in [0.1, 0.15) is 0 Å². The van der Waals surface area contributed by atoms with E-state index in [9.17, 15) is 0 Å². The minimum atomic E-state index is -0.278. The van der Waals surface area contributed by atoms with Crippen molar-refractivity contribution in [3.8, 4) is 0 Å². The van der Waals surface area contributed by atoms with E-state index < -0.39 is 0 Å². The quantitative estimate of drug-likeness (QED) is 0.261. The summed E-state index contributed by atoms with van der Waals surface area (Å²) in [4.78, 5) is 7.06. The van der Waals surface area contributed by atoms with E-state index in [1.807, 2.05) is 0 Å². The van der Waals surface area contributed by atoms with E-state index in [4.69, 9.17) is 5.26 Å². The van der Waals surface area contributed by atoms with Gasteiger partial charge in [-0.2, -0.15) is 0 Å². The van der Waals surface area contributed by atoms with E-state index >= 15 is 0 Å². The Morgan fingerprint density at radius 3 is 2.40 bits per heavy atom. The number of rotatable bonds is 2. The van der Waals surface area contributed by atoms with Crippen LogP contribution in [0.2, 0.25) is 0 Å². The van der Waals surface area contributed by atoms with E-state index in [2.05, 4.69) is 15.6 Å². The van der Waals surface area contributed by atoms with Crippen LogP contribution in [0.15, 0.2) is 0 Å². The lowest BCUT2D eigenvalue weighted by Gasteiger charge is -1.84. The number of hydrogen-bond acceptors (Lipinski definition) is 4. The summed E-state index contributed by atoms with van der Waals surface area (Å²) in [6, 6.07) is 0. The summed E-state index contributed by atoms with van der Waals surface area (Å²) < 4.78 is 0. The first-order chi connectivity index (χ1) is 2.41. The molecule has 0 radical (unpaired) electrons. The molecule has 32 valence electrons. The molecule has 4 nitrogen and oxygen atoms in total. The van der Waals surface area contributed by atoms with Crippen LogP contribution >= 0.6 is 0 Å². The zero-order valence-corrected chi connectivity index (χ0v) is 2.55. The number of hydrogen-bond donors (Lipinski definition) is 2. The summed E-state index contributed by atoms with van der Waals surface area (Å²) in [6.45, 7) is -0.278. The average molecular weight is 79.1 g/mol. The van der Waals surface area contributed by atoms with E-state index in [0.29, 0.717) is 0 Å². The first kappa shape index (κ1) is 4.84. The Bertz CT molecular complexity index is 14.4. The zero-order chi connectivity index (χ0) is 4.12. The van der Waals surface area contributed by atoms with Crippen molar-refractivity contribution in [2.75, 3.05) is 6.79 Å². The predicted molar refractivity (Wildman–Crippen MR) is 13.9 cm³/mol. The molecule has 0 aromatic heterocycles. The molecule has 0 spiro atoms. The summed E-state index contributed by atoms with van der Waals surface area (Å²) in [7, 11) is 0. The molecule has 3 N–H and O–H groups in total. The lowest BCUT2D eigenvalue weighted by molar-refractivity contribution is -0.297. The molecule has 0 saturated heterocycles. The molecule has 0 aromatic carbocycles. The third-order valence-corrected chi connectivity index (χ3v) is 0.121. The van der Waals surface area contributed by atoms with Gasteiger partial charge in [0.05, 0.1) is 0 Å². The molecule has 0 aliphatic rings. The standard InChI is InChI=1S/CH5NO3/c2-4-1-5-3/h3H,1-2H2. The van der Waals surface area contributed by atoms with Crippen molar-refractivity contribution in [2.24, 2.45) is 5.90 Å². The van der Waals surface area contributed by atoms with Crippen molar-refractivity contribution in [1.82, 2.24) is 0 Å². The number of nitrogens with two attached hydrogens (primary N) is 1. The van der Waals surface area contributed by atoms with E-state index in [1.54, 1.807) is 0 Å². The third-order valence-electron chi connectivity index (χ3n) is 0.121. The normalized spacial score (nSPS) is 8.40. The van der Waals surface area contributed by atoms with Gasteiger partial charge in [0.25, 0.3) is 0 Å². The lowest BCUT2D eigenvalue weighted by atomic mass is 11.5. The van der Waals surface area contributed by atoms with Crippen molar-refractivity contribution >= 4 is 0 Å². The minimum absolute atomic E-state index is 0.278. The van der Waals surface area contributed by atoms with Crippen LogP contribution in [-0.2, 0) is 9.73 Å². The van der Waals surface area contributed by atoms with Crippen LogP contribution in [0.5, 0.6) is 0 Å². The highest BCUT2D eigenvalue weighted by atomic mass is 17.1. The maximum atomic E-state index is 7.36.